The zero-order valence-electron chi connectivity index (χ0n) is 16.3. The molecule has 24 heavy (non-hydrogen) atoms. The van der Waals surface area contributed by atoms with E-state index < -0.39 is 5.60 Å². The first-order valence-corrected chi connectivity index (χ1v) is 8.96. The van der Waals surface area contributed by atoms with E-state index in [2.05, 4.69) is 5.10 Å². The standard InChI is InChI=1S/C16H27N3O3.C2H6/c1-6-21-14-12(2)11-19(17-14)13-7-9-18(10-8-13)15(20)22-16(3,4)5;1-2/h11,13H,6-10H2,1-5H3;1-2H3. The molecule has 0 N–H and O–H groups in total. The van der Waals surface area contributed by atoms with Gasteiger partial charge in [0.15, 0.2) is 0 Å². The van der Waals surface area contributed by atoms with Gasteiger partial charge in [-0.15, -0.1) is 5.10 Å². The zero-order valence-corrected chi connectivity index (χ0v) is 16.3. The Kier molecular flexibility index (Phi) is 7.58. The summed E-state index contributed by atoms with van der Waals surface area (Å²) >= 11 is 0. The van der Waals surface area contributed by atoms with Crippen molar-refractivity contribution >= 4 is 6.09 Å². The van der Waals surface area contributed by atoms with Crippen molar-refractivity contribution in [2.24, 2.45) is 0 Å². The second-order valence-electron chi connectivity index (χ2n) is 6.73. The molecule has 0 atom stereocenters. The summed E-state index contributed by atoms with van der Waals surface area (Å²) in [7, 11) is 0. The highest BCUT2D eigenvalue weighted by Gasteiger charge is 2.28. The van der Waals surface area contributed by atoms with Crippen LogP contribution in [0.3, 0.4) is 0 Å². The van der Waals surface area contributed by atoms with Gasteiger partial charge in [0.25, 0.3) is 0 Å². The number of rotatable bonds is 3. The van der Waals surface area contributed by atoms with E-state index in [0.717, 1.165) is 18.4 Å². The summed E-state index contributed by atoms with van der Waals surface area (Å²) in [6, 6.07) is 0.312. The second kappa shape index (κ2) is 8.94. The van der Waals surface area contributed by atoms with Crippen molar-refractivity contribution in [1.82, 2.24) is 14.7 Å². The number of carbonyl (C=O) groups is 1. The monoisotopic (exact) mass is 339 g/mol. The van der Waals surface area contributed by atoms with Crippen molar-refractivity contribution < 1.29 is 14.3 Å². The third-order valence-electron chi connectivity index (χ3n) is 3.64. The number of piperidine rings is 1. The third-order valence-corrected chi connectivity index (χ3v) is 3.64. The van der Waals surface area contributed by atoms with E-state index in [0.29, 0.717) is 31.6 Å². The summed E-state index contributed by atoms with van der Waals surface area (Å²) in [5, 5.41) is 4.51. The molecule has 2 rings (SSSR count). The number of nitrogens with zero attached hydrogens (tertiary/aromatic N) is 3. The van der Waals surface area contributed by atoms with E-state index in [1.807, 2.05) is 59.3 Å². The van der Waals surface area contributed by atoms with Crippen molar-refractivity contribution in [3.8, 4) is 5.88 Å². The van der Waals surface area contributed by atoms with Crippen molar-refractivity contribution in [2.45, 2.75) is 73.0 Å². The fourth-order valence-electron chi connectivity index (χ4n) is 2.57. The molecule has 2 heterocycles. The minimum absolute atomic E-state index is 0.224. The van der Waals surface area contributed by atoms with Crippen LogP contribution >= 0.6 is 0 Å². The van der Waals surface area contributed by atoms with Crippen LogP contribution in [0, 0.1) is 6.92 Å². The number of aromatic nitrogens is 2. The second-order valence-corrected chi connectivity index (χ2v) is 6.73. The van der Waals surface area contributed by atoms with Crippen LogP contribution in [-0.4, -0.2) is 46.1 Å². The number of amides is 1. The maximum absolute atomic E-state index is 12.1. The average molecular weight is 339 g/mol. The Bertz CT molecular complexity index is 512. The highest BCUT2D eigenvalue weighted by molar-refractivity contribution is 5.68. The SMILES string of the molecule is CC.CCOc1nn(C2CCN(C(=O)OC(C)(C)C)CC2)cc1C. The lowest BCUT2D eigenvalue weighted by Gasteiger charge is -2.33. The molecule has 6 heteroatoms. The molecular weight excluding hydrogens is 306 g/mol. The smallest absolute Gasteiger partial charge is 0.410 e. The molecule has 1 aliphatic heterocycles. The first-order chi connectivity index (χ1) is 11.3. The molecule has 6 nitrogen and oxygen atoms in total. The molecule has 0 radical (unpaired) electrons. The van der Waals surface area contributed by atoms with Gasteiger partial charge in [-0.3, -0.25) is 4.68 Å². The summed E-state index contributed by atoms with van der Waals surface area (Å²) in [5.74, 6) is 0.706. The summed E-state index contributed by atoms with van der Waals surface area (Å²) in [4.78, 5) is 13.8. The summed E-state index contributed by atoms with van der Waals surface area (Å²) in [5.41, 5.74) is 0.607. The first kappa shape index (κ1) is 20.3. The molecule has 0 unspecified atom stereocenters. The first-order valence-electron chi connectivity index (χ1n) is 8.96. The lowest BCUT2D eigenvalue weighted by molar-refractivity contribution is 0.0184. The Morgan fingerprint density at radius 3 is 2.38 bits per heavy atom. The van der Waals surface area contributed by atoms with Gasteiger partial charge in [0.05, 0.1) is 12.6 Å². The number of aryl methyl sites for hydroxylation is 1. The van der Waals surface area contributed by atoms with Gasteiger partial charge >= 0.3 is 6.09 Å². The minimum Gasteiger partial charge on any atom is -0.477 e. The van der Waals surface area contributed by atoms with Crippen molar-refractivity contribution in [2.75, 3.05) is 19.7 Å². The molecule has 1 aliphatic rings. The predicted octanol–water partition coefficient (Wildman–Crippen LogP) is 4.19. The van der Waals surface area contributed by atoms with Gasteiger partial charge in [-0.05, 0) is 47.5 Å². The molecule has 1 amide bonds. The van der Waals surface area contributed by atoms with Crippen LogP contribution in [0.1, 0.15) is 66.0 Å². The van der Waals surface area contributed by atoms with E-state index in [4.69, 9.17) is 9.47 Å². The number of ether oxygens (including phenoxy) is 2. The van der Waals surface area contributed by atoms with Gasteiger partial charge < -0.3 is 14.4 Å². The van der Waals surface area contributed by atoms with Crippen LogP contribution in [0.25, 0.3) is 0 Å². The fourth-order valence-corrected chi connectivity index (χ4v) is 2.57. The number of likely N-dealkylation sites (tertiary alicyclic amines) is 1. The normalized spacial score (nSPS) is 15.5. The van der Waals surface area contributed by atoms with E-state index in [-0.39, 0.29) is 6.09 Å². The Labute approximate surface area is 146 Å². The molecule has 0 aromatic carbocycles. The van der Waals surface area contributed by atoms with Crippen molar-refractivity contribution in [1.29, 1.82) is 0 Å². The summed E-state index contributed by atoms with van der Waals surface area (Å²) in [6.45, 7) is 15.6. The van der Waals surface area contributed by atoms with E-state index in [1.165, 1.54) is 0 Å². The Morgan fingerprint density at radius 2 is 1.88 bits per heavy atom. The summed E-state index contributed by atoms with van der Waals surface area (Å²) < 4.78 is 12.9. The van der Waals surface area contributed by atoms with Crippen LogP contribution in [0.4, 0.5) is 4.79 Å². The van der Waals surface area contributed by atoms with Crippen molar-refractivity contribution in [3.63, 3.8) is 0 Å². The largest absolute Gasteiger partial charge is 0.477 e. The molecule has 0 aliphatic carbocycles. The molecule has 1 fully saturated rings. The molecule has 138 valence electrons. The van der Waals surface area contributed by atoms with Crippen LogP contribution in [-0.2, 0) is 4.74 Å². The number of hydrogen-bond acceptors (Lipinski definition) is 4. The van der Waals surface area contributed by atoms with Gasteiger partial charge in [-0.1, -0.05) is 13.8 Å². The molecule has 0 bridgehead atoms. The van der Waals surface area contributed by atoms with Gasteiger partial charge in [0.1, 0.15) is 5.60 Å². The summed E-state index contributed by atoms with van der Waals surface area (Å²) in [6.07, 6.45) is 3.56. The highest BCUT2D eigenvalue weighted by Crippen LogP contribution is 2.26. The predicted molar refractivity (Wildman–Crippen MR) is 95.6 cm³/mol. The quantitative estimate of drug-likeness (QED) is 0.828. The van der Waals surface area contributed by atoms with E-state index >= 15 is 0 Å². The number of hydrogen-bond donors (Lipinski definition) is 0. The molecule has 0 spiro atoms. The lowest BCUT2D eigenvalue weighted by atomic mass is 10.1. The average Bonchev–Trinajstić information content (AvgIpc) is 2.89. The molecule has 1 saturated heterocycles. The lowest BCUT2D eigenvalue weighted by Crippen LogP contribution is -2.42. The fraction of sp³-hybridized carbons (Fsp3) is 0.778. The minimum atomic E-state index is -0.445. The Morgan fingerprint density at radius 1 is 1.29 bits per heavy atom. The van der Waals surface area contributed by atoms with E-state index in [1.54, 1.807) is 4.90 Å². The van der Waals surface area contributed by atoms with Crippen LogP contribution in [0.15, 0.2) is 6.20 Å². The van der Waals surface area contributed by atoms with Gasteiger partial charge in [0.2, 0.25) is 5.88 Å². The molecule has 1 aromatic heterocycles. The van der Waals surface area contributed by atoms with E-state index in [9.17, 15) is 4.79 Å². The molecule has 0 saturated carbocycles. The zero-order chi connectivity index (χ0) is 18.3. The maximum atomic E-state index is 12.1. The number of carbonyl (C=O) groups excluding carboxylic acids is 1. The third kappa shape index (κ3) is 5.73. The highest BCUT2D eigenvalue weighted by atomic mass is 16.6. The van der Waals surface area contributed by atoms with Crippen LogP contribution in [0.5, 0.6) is 5.88 Å². The Hall–Kier alpha value is -1.72. The molecule has 1 aromatic rings. The van der Waals surface area contributed by atoms with Crippen molar-refractivity contribution in [3.05, 3.63) is 11.8 Å². The molecular formula is C18H33N3O3. The van der Waals surface area contributed by atoms with Gasteiger partial charge in [-0.25, -0.2) is 4.79 Å². The maximum Gasteiger partial charge on any atom is 0.410 e. The van der Waals surface area contributed by atoms with Crippen LogP contribution < -0.4 is 4.74 Å². The van der Waals surface area contributed by atoms with Gasteiger partial charge in [0, 0.05) is 24.8 Å². The van der Waals surface area contributed by atoms with Gasteiger partial charge in [-0.2, -0.15) is 0 Å². The topological polar surface area (TPSA) is 56.6 Å². The Balaban J connectivity index is 0.00000139. The van der Waals surface area contributed by atoms with Crippen LogP contribution in [0.2, 0.25) is 0 Å².